The maximum absolute atomic E-state index is 11.9. The van der Waals surface area contributed by atoms with Gasteiger partial charge in [0.1, 0.15) is 16.7 Å². The van der Waals surface area contributed by atoms with E-state index >= 15 is 0 Å². The van der Waals surface area contributed by atoms with Gasteiger partial charge in [0.15, 0.2) is 11.1 Å². The fourth-order valence-corrected chi connectivity index (χ4v) is 2.07. The van der Waals surface area contributed by atoms with E-state index in [1.54, 1.807) is 31.2 Å². The van der Waals surface area contributed by atoms with Crippen LogP contribution in [0.15, 0.2) is 44.6 Å². The van der Waals surface area contributed by atoms with Gasteiger partial charge in [0.05, 0.1) is 12.0 Å². The molecule has 2 aromatic rings. The zero-order valence-corrected chi connectivity index (χ0v) is 9.45. The second kappa shape index (κ2) is 4.59. The third-order valence-corrected chi connectivity index (χ3v) is 3.14. The summed E-state index contributed by atoms with van der Waals surface area (Å²) in [6, 6.07) is 6.81. The molecule has 0 saturated carbocycles. The number of fused-ring (bicyclic) bond motifs is 1. The monoisotopic (exact) mass is 238 g/mol. The molecule has 0 bridgehead atoms. The van der Waals surface area contributed by atoms with Crippen LogP contribution < -0.4 is 5.43 Å². The lowest BCUT2D eigenvalue weighted by molar-refractivity contribution is 0.370. The third-order valence-electron chi connectivity index (χ3n) is 2.05. The minimum Gasteiger partial charge on any atom is -0.463 e. The highest BCUT2D eigenvalue weighted by Crippen LogP contribution is 2.12. The maximum Gasteiger partial charge on any atom is 0.211 e. The lowest BCUT2D eigenvalue weighted by Crippen LogP contribution is -2.12. The van der Waals surface area contributed by atoms with Gasteiger partial charge < -0.3 is 4.42 Å². The van der Waals surface area contributed by atoms with Crippen LogP contribution in [0.4, 0.5) is 0 Å². The van der Waals surface area contributed by atoms with Crippen molar-refractivity contribution in [2.45, 2.75) is 11.8 Å². The predicted molar refractivity (Wildman–Crippen MR) is 60.5 cm³/mol. The summed E-state index contributed by atoms with van der Waals surface area (Å²) in [5.74, 6) is 0. The van der Waals surface area contributed by atoms with Crippen molar-refractivity contribution in [2.75, 3.05) is 6.61 Å². The number of benzene rings is 1. The Kier molecular flexibility index (Phi) is 3.17. The standard InChI is InChI=1S/C11H10O4S/c1-2-15-16(13)10-7-14-9-6-4-3-5-8(9)11(10)12/h3-7H,2H2,1H3/t16-/m1/s1. The Morgan fingerprint density at radius 3 is 2.88 bits per heavy atom. The average Bonchev–Trinajstić information content (AvgIpc) is 2.30. The summed E-state index contributed by atoms with van der Waals surface area (Å²) < 4.78 is 21.6. The first-order valence-corrected chi connectivity index (χ1v) is 5.87. The Balaban J connectivity index is 2.61. The molecule has 0 radical (unpaired) electrons. The smallest absolute Gasteiger partial charge is 0.211 e. The molecule has 0 spiro atoms. The molecular formula is C11H10O4S. The number of para-hydroxylation sites is 1. The van der Waals surface area contributed by atoms with Crippen molar-refractivity contribution in [3.8, 4) is 0 Å². The van der Waals surface area contributed by atoms with E-state index in [2.05, 4.69) is 0 Å². The maximum atomic E-state index is 11.9. The highest BCUT2D eigenvalue weighted by atomic mass is 32.2. The Morgan fingerprint density at radius 2 is 2.12 bits per heavy atom. The molecule has 2 rings (SSSR count). The minimum absolute atomic E-state index is 0.0422. The zero-order valence-electron chi connectivity index (χ0n) is 8.64. The molecule has 0 unspecified atom stereocenters. The third kappa shape index (κ3) is 1.91. The van der Waals surface area contributed by atoms with Gasteiger partial charge in [-0.2, -0.15) is 0 Å². The lowest BCUT2D eigenvalue weighted by atomic mass is 10.2. The van der Waals surface area contributed by atoms with Gasteiger partial charge in [0.25, 0.3) is 0 Å². The van der Waals surface area contributed by atoms with E-state index < -0.39 is 11.1 Å². The first kappa shape index (κ1) is 11.0. The lowest BCUT2D eigenvalue weighted by Gasteiger charge is -2.01. The van der Waals surface area contributed by atoms with Crippen molar-refractivity contribution in [1.29, 1.82) is 0 Å². The molecule has 16 heavy (non-hydrogen) atoms. The quantitative estimate of drug-likeness (QED) is 0.818. The summed E-state index contributed by atoms with van der Waals surface area (Å²) in [7, 11) is 0. The van der Waals surface area contributed by atoms with Crippen molar-refractivity contribution in [3.63, 3.8) is 0 Å². The van der Waals surface area contributed by atoms with E-state index in [9.17, 15) is 9.00 Å². The average molecular weight is 238 g/mol. The van der Waals surface area contributed by atoms with Crippen LogP contribution in [0.5, 0.6) is 0 Å². The van der Waals surface area contributed by atoms with Crippen LogP contribution in [0.2, 0.25) is 0 Å². The summed E-state index contributed by atoms with van der Waals surface area (Å²) in [5.41, 5.74) is 0.165. The van der Waals surface area contributed by atoms with Gasteiger partial charge in [-0.15, -0.1) is 0 Å². The molecule has 0 fully saturated rings. The summed E-state index contributed by atoms with van der Waals surface area (Å²) >= 11 is -1.76. The zero-order chi connectivity index (χ0) is 11.5. The minimum atomic E-state index is -1.76. The van der Waals surface area contributed by atoms with Gasteiger partial charge in [0, 0.05) is 0 Å². The van der Waals surface area contributed by atoms with Crippen molar-refractivity contribution in [1.82, 2.24) is 0 Å². The molecule has 1 heterocycles. The summed E-state index contributed by atoms with van der Waals surface area (Å²) in [6.45, 7) is 1.99. The Labute approximate surface area is 94.5 Å². The largest absolute Gasteiger partial charge is 0.463 e. The first-order valence-electron chi connectivity index (χ1n) is 4.79. The molecule has 0 saturated heterocycles. The molecule has 0 aliphatic heterocycles. The molecular weight excluding hydrogens is 228 g/mol. The molecule has 0 amide bonds. The molecule has 5 heteroatoms. The molecule has 4 nitrogen and oxygen atoms in total. The van der Waals surface area contributed by atoms with Gasteiger partial charge in [-0.05, 0) is 19.1 Å². The van der Waals surface area contributed by atoms with Crippen LogP contribution in [0.1, 0.15) is 6.92 Å². The van der Waals surface area contributed by atoms with Crippen molar-refractivity contribution < 1.29 is 12.8 Å². The van der Waals surface area contributed by atoms with Crippen LogP contribution in [-0.2, 0) is 15.3 Å². The fraction of sp³-hybridized carbons (Fsp3) is 0.182. The second-order valence-corrected chi connectivity index (χ2v) is 4.21. The topological polar surface area (TPSA) is 56.5 Å². The van der Waals surface area contributed by atoms with Crippen molar-refractivity contribution in [3.05, 3.63) is 40.8 Å². The highest BCUT2D eigenvalue weighted by Gasteiger charge is 2.12. The summed E-state index contributed by atoms with van der Waals surface area (Å²) in [5, 5.41) is 0.410. The molecule has 0 aliphatic rings. The van der Waals surface area contributed by atoms with E-state index in [4.69, 9.17) is 8.60 Å². The molecule has 1 atom stereocenters. The number of rotatable bonds is 3. The van der Waals surface area contributed by atoms with Crippen LogP contribution in [-0.4, -0.2) is 10.8 Å². The van der Waals surface area contributed by atoms with Crippen molar-refractivity contribution >= 4 is 22.0 Å². The summed E-state index contributed by atoms with van der Waals surface area (Å²) in [6.07, 6.45) is 1.19. The fourth-order valence-electron chi connectivity index (χ4n) is 1.35. The van der Waals surface area contributed by atoms with Gasteiger partial charge in [-0.25, -0.2) is 4.21 Å². The van der Waals surface area contributed by atoms with Crippen LogP contribution in [0.3, 0.4) is 0 Å². The SMILES string of the molecule is CCO[S@@](=O)c1coc2ccccc2c1=O. The van der Waals surface area contributed by atoms with Gasteiger partial charge in [-0.3, -0.25) is 8.98 Å². The summed E-state index contributed by atoms with van der Waals surface area (Å²) in [4.78, 5) is 12.0. The molecule has 0 N–H and O–H groups in total. The van der Waals surface area contributed by atoms with E-state index in [0.717, 1.165) is 0 Å². The van der Waals surface area contributed by atoms with Crippen LogP contribution in [0.25, 0.3) is 11.0 Å². The molecule has 84 valence electrons. The highest BCUT2D eigenvalue weighted by molar-refractivity contribution is 7.80. The van der Waals surface area contributed by atoms with E-state index in [1.807, 2.05) is 0 Å². The predicted octanol–water partition coefficient (Wildman–Crippen LogP) is 1.85. The van der Waals surface area contributed by atoms with E-state index in [0.29, 0.717) is 11.0 Å². The molecule has 1 aromatic carbocycles. The van der Waals surface area contributed by atoms with E-state index in [1.165, 1.54) is 6.26 Å². The first-order chi connectivity index (χ1) is 7.74. The Hall–Kier alpha value is -1.46. The number of hydrogen-bond donors (Lipinski definition) is 0. The molecule has 0 aliphatic carbocycles. The van der Waals surface area contributed by atoms with E-state index in [-0.39, 0.29) is 16.9 Å². The molecule has 1 aromatic heterocycles. The van der Waals surface area contributed by atoms with Gasteiger partial charge >= 0.3 is 0 Å². The van der Waals surface area contributed by atoms with Gasteiger partial charge in [0.2, 0.25) is 5.43 Å². The van der Waals surface area contributed by atoms with Crippen molar-refractivity contribution in [2.24, 2.45) is 0 Å². The van der Waals surface area contributed by atoms with Crippen LogP contribution in [0, 0.1) is 0 Å². The van der Waals surface area contributed by atoms with Gasteiger partial charge in [-0.1, -0.05) is 12.1 Å². The number of hydrogen-bond acceptors (Lipinski definition) is 4. The Morgan fingerprint density at radius 1 is 1.38 bits per heavy atom. The Bertz CT molecular complexity index is 588. The normalized spacial score (nSPS) is 12.8. The second-order valence-electron chi connectivity index (χ2n) is 3.07. The van der Waals surface area contributed by atoms with Crippen LogP contribution >= 0.6 is 0 Å².